The van der Waals surface area contributed by atoms with Gasteiger partial charge in [0.1, 0.15) is 5.82 Å². The quantitative estimate of drug-likeness (QED) is 0.626. The molecule has 0 radical (unpaired) electrons. The van der Waals surface area contributed by atoms with E-state index in [0.29, 0.717) is 47.4 Å². The Labute approximate surface area is 184 Å². The lowest BCUT2D eigenvalue weighted by Gasteiger charge is -2.30. The average molecular weight is 438 g/mol. The van der Waals surface area contributed by atoms with E-state index in [1.54, 1.807) is 30.3 Å². The summed E-state index contributed by atoms with van der Waals surface area (Å²) in [6, 6.07) is 11.4. The van der Waals surface area contributed by atoms with E-state index < -0.39 is 0 Å². The molecule has 0 aliphatic carbocycles. The Morgan fingerprint density at radius 3 is 2.88 bits per heavy atom. The highest BCUT2D eigenvalue weighted by Crippen LogP contribution is 2.34. The molecule has 32 heavy (non-hydrogen) atoms. The van der Waals surface area contributed by atoms with Crippen molar-refractivity contribution in [3.05, 3.63) is 54.2 Å². The molecule has 1 amide bonds. The van der Waals surface area contributed by atoms with Crippen molar-refractivity contribution in [3.63, 3.8) is 0 Å². The largest absolute Gasteiger partial charge is 0.454 e. The maximum Gasteiger partial charge on any atom is 0.231 e. The highest BCUT2D eigenvalue weighted by Gasteiger charge is 2.26. The Balaban J connectivity index is 1.14. The monoisotopic (exact) mass is 438 g/mol. The first kappa shape index (κ1) is 20.4. The van der Waals surface area contributed by atoms with Gasteiger partial charge in [0.25, 0.3) is 0 Å². The molecule has 2 aliphatic heterocycles. The molecule has 3 heterocycles. The SMILES string of the molecule is O=C(CCN1CCCC(c2nc(-c3ccc(F)cc3)no2)C1)Nc1ccc2c(c1)OCO2. The second-order valence-corrected chi connectivity index (χ2v) is 7.97. The van der Waals surface area contributed by atoms with E-state index in [0.717, 1.165) is 25.9 Å². The number of rotatable bonds is 6. The summed E-state index contributed by atoms with van der Waals surface area (Å²) in [6.07, 6.45) is 2.32. The van der Waals surface area contributed by atoms with Crippen LogP contribution in [0.2, 0.25) is 0 Å². The molecule has 1 aromatic heterocycles. The first-order valence-corrected chi connectivity index (χ1v) is 10.7. The lowest BCUT2D eigenvalue weighted by atomic mass is 9.98. The fourth-order valence-electron chi connectivity index (χ4n) is 4.03. The summed E-state index contributed by atoms with van der Waals surface area (Å²) in [7, 11) is 0. The van der Waals surface area contributed by atoms with Crippen molar-refractivity contribution in [1.82, 2.24) is 15.0 Å². The molecule has 1 saturated heterocycles. The number of carbonyl (C=O) groups excluding carboxylic acids is 1. The van der Waals surface area contributed by atoms with Crippen LogP contribution in [0.15, 0.2) is 47.0 Å². The van der Waals surface area contributed by atoms with E-state index in [9.17, 15) is 9.18 Å². The van der Waals surface area contributed by atoms with Crippen LogP contribution in [0.1, 0.15) is 31.1 Å². The van der Waals surface area contributed by atoms with Crippen molar-refractivity contribution in [2.75, 3.05) is 31.7 Å². The van der Waals surface area contributed by atoms with Crippen LogP contribution in [0.25, 0.3) is 11.4 Å². The summed E-state index contributed by atoms with van der Waals surface area (Å²) >= 11 is 0. The number of aromatic nitrogens is 2. The number of benzene rings is 2. The first-order chi connectivity index (χ1) is 15.6. The molecule has 3 aromatic rings. The van der Waals surface area contributed by atoms with Crippen molar-refractivity contribution < 1.29 is 23.2 Å². The van der Waals surface area contributed by atoms with Gasteiger partial charge in [-0.2, -0.15) is 4.98 Å². The summed E-state index contributed by atoms with van der Waals surface area (Å²) in [6.45, 7) is 2.52. The minimum absolute atomic E-state index is 0.0534. The van der Waals surface area contributed by atoms with Crippen molar-refractivity contribution in [1.29, 1.82) is 0 Å². The number of carbonyl (C=O) groups is 1. The summed E-state index contributed by atoms with van der Waals surface area (Å²) in [4.78, 5) is 19.2. The topological polar surface area (TPSA) is 89.7 Å². The average Bonchev–Trinajstić information content (AvgIpc) is 3.48. The third-order valence-electron chi connectivity index (χ3n) is 5.71. The maximum absolute atomic E-state index is 13.1. The van der Waals surface area contributed by atoms with E-state index in [1.807, 2.05) is 0 Å². The zero-order valence-electron chi connectivity index (χ0n) is 17.4. The standard InChI is InChI=1S/C23H23FN4O4/c24-17-5-3-15(4-6-17)22-26-23(32-27-22)16-2-1-10-28(13-16)11-9-21(29)25-18-7-8-19-20(12-18)31-14-30-19/h3-8,12,16H,1-2,9-11,13-14H2,(H,25,29). The van der Waals surface area contributed by atoms with Gasteiger partial charge in [0.05, 0.1) is 5.92 Å². The Morgan fingerprint density at radius 1 is 1.16 bits per heavy atom. The van der Waals surface area contributed by atoms with E-state index >= 15 is 0 Å². The molecule has 1 atom stereocenters. The molecule has 0 saturated carbocycles. The Morgan fingerprint density at radius 2 is 2.00 bits per heavy atom. The molecular weight excluding hydrogens is 415 g/mol. The number of likely N-dealkylation sites (tertiary alicyclic amines) is 1. The van der Waals surface area contributed by atoms with Gasteiger partial charge < -0.3 is 24.2 Å². The van der Waals surface area contributed by atoms with Gasteiger partial charge in [-0.15, -0.1) is 0 Å². The molecule has 1 fully saturated rings. The van der Waals surface area contributed by atoms with Crippen molar-refractivity contribution in [3.8, 4) is 22.9 Å². The zero-order valence-corrected chi connectivity index (χ0v) is 17.4. The van der Waals surface area contributed by atoms with Gasteiger partial charge in [0, 0.05) is 36.8 Å². The van der Waals surface area contributed by atoms with Gasteiger partial charge >= 0.3 is 0 Å². The number of hydrogen-bond donors (Lipinski definition) is 1. The highest BCUT2D eigenvalue weighted by atomic mass is 19.1. The van der Waals surface area contributed by atoms with Gasteiger partial charge in [-0.25, -0.2) is 4.39 Å². The maximum atomic E-state index is 13.1. The predicted molar refractivity (Wildman–Crippen MR) is 114 cm³/mol. The Hall–Kier alpha value is -3.46. The van der Waals surface area contributed by atoms with Crippen molar-refractivity contribution in [2.24, 2.45) is 0 Å². The molecule has 166 valence electrons. The zero-order chi connectivity index (χ0) is 21.9. The Bertz CT molecular complexity index is 1100. The summed E-state index contributed by atoms with van der Waals surface area (Å²) in [5.74, 6) is 2.12. The van der Waals surface area contributed by atoms with E-state index in [-0.39, 0.29) is 24.4 Å². The molecule has 1 unspecified atom stereocenters. The number of nitrogens with zero attached hydrogens (tertiary/aromatic N) is 3. The summed E-state index contributed by atoms with van der Waals surface area (Å²) in [5.41, 5.74) is 1.41. The molecule has 8 nitrogen and oxygen atoms in total. The molecule has 2 aromatic carbocycles. The number of nitrogens with one attached hydrogen (secondary N) is 1. The fourth-order valence-corrected chi connectivity index (χ4v) is 4.03. The molecule has 1 N–H and O–H groups in total. The Kier molecular flexibility index (Phi) is 5.72. The van der Waals surface area contributed by atoms with E-state index in [2.05, 4.69) is 20.4 Å². The predicted octanol–water partition coefficient (Wildman–Crippen LogP) is 3.81. The number of fused-ring (bicyclic) bond motifs is 1. The van der Waals surface area contributed by atoms with Crippen LogP contribution in [0.5, 0.6) is 11.5 Å². The van der Waals surface area contributed by atoms with Crippen LogP contribution in [-0.4, -0.2) is 47.4 Å². The fraction of sp³-hybridized carbons (Fsp3) is 0.348. The molecular formula is C23H23FN4O4. The normalized spacial score (nSPS) is 18.0. The lowest BCUT2D eigenvalue weighted by molar-refractivity contribution is -0.116. The summed E-state index contributed by atoms with van der Waals surface area (Å²) in [5, 5.41) is 6.96. The second kappa shape index (κ2) is 8.96. The van der Waals surface area contributed by atoms with Crippen molar-refractivity contribution >= 4 is 11.6 Å². The molecule has 0 bridgehead atoms. The molecule has 2 aliphatic rings. The summed E-state index contributed by atoms with van der Waals surface area (Å²) < 4.78 is 29.3. The lowest BCUT2D eigenvalue weighted by Crippen LogP contribution is -2.36. The minimum atomic E-state index is -0.303. The number of anilines is 1. The van der Waals surface area contributed by atoms with Gasteiger partial charge in [-0.3, -0.25) is 4.79 Å². The highest BCUT2D eigenvalue weighted by molar-refractivity contribution is 5.91. The smallest absolute Gasteiger partial charge is 0.231 e. The number of ether oxygens (including phenoxy) is 2. The number of hydrogen-bond acceptors (Lipinski definition) is 7. The third-order valence-corrected chi connectivity index (χ3v) is 5.71. The van der Waals surface area contributed by atoms with E-state index in [1.165, 1.54) is 12.1 Å². The number of amides is 1. The second-order valence-electron chi connectivity index (χ2n) is 7.97. The number of halogens is 1. The van der Waals surface area contributed by atoms with Crippen LogP contribution >= 0.6 is 0 Å². The third kappa shape index (κ3) is 4.57. The molecule has 9 heteroatoms. The van der Waals surface area contributed by atoms with Crippen LogP contribution < -0.4 is 14.8 Å². The number of piperidine rings is 1. The van der Waals surface area contributed by atoms with Gasteiger partial charge in [-0.05, 0) is 55.8 Å². The molecule has 0 spiro atoms. The van der Waals surface area contributed by atoms with Crippen LogP contribution in [0.3, 0.4) is 0 Å². The van der Waals surface area contributed by atoms with Crippen molar-refractivity contribution in [2.45, 2.75) is 25.2 Å². The molecule has 5 rings (SSSR count). The van der Waals surface area contributed by atoms with Gasteiger partial charge in [0.2, 0.25) is 24.4 Å². The van der Waals surface area contributed by atoms with Gasteiger partial charge in [-0.1, -0.05) is 5.16 Å². The van der Waals surface area contributed by atoms with Gasteiger partial charge in [0.15, 0.2) is 11.5 Å². The first-order valence-electron chi connectivity index (χ1n) is 10.7. The minimum Gasteiger partial charge on any atom is -0.454 e. The van der Waals surface area contributed by atoms with Crippen LogP contribution in [-0.2, 0) is 4.79 Å². The van der Waals surface area contributed by atoms with Crippen LogP contribution in [0, 0.1) is 5.82 Å². The van der Waals surface area contributed by atoms with Crippen LogP contribution in [0.4, 0.5) is 10.1 Å². The van der Waals surface area contributed by atoms with E-state index in [4.69, 9.17) is 14.0 Å².